The molecule has 2 amide bonds. The number of amides is 2. The summed E-state index contributed by atoms with van der Waals surface area (Å²) < 4.78 is 51.9. The molecule has 0 radical (unpaired) electrons. The first-order valence-electron chi connectivity index (χ1n) is 8.15. The molecule has 1 heterocycles. The highest BCUT2D eigenvalue weighted by molar-refractivity contribution is 6.03. The molecule has 1 aliphatic heterocycles. The summed E-state index contributed by atoms with van der Waals surface area (Å²) in [6.45, 7) is -1.92. The number of carbonyl (C=O) groups excluding carboxylic acids is 2. The van der Waals surface area contributed by atoms with E-state index in [1.165, 1.54) is 24.3 Å². The molecular weight excluding hydrogens is 378 g/mol. The largest absolute Gasteiger partial charge is 0.406 e. The average molecular weight is 391 g/mol. The number of hydrogen-bond acceptors (Lipinski definition) is 3. The second kappa shape index (κ2) is 7.31. The summed E-state index contributed by atoms with van der Waals surface area (Å²) in [5, 5.41) is 11.4. The molecule has 0 bridgehead atoms. The molecule has 28 heavy (non-hydrogen) atoms. The van der Waals surface area contributed by atoms with Crippen molar-refractivity contribution in [3.8, 4) is 6.07 Å². The van der Waals surface area contributed by atoms with Gasteiger partial charge in [0, 0.05) is 17.8 Å². The summed E-state index contributed by atoms with van der Waals surface area (Å²) in [6, 6.07) is 11.0. The topological polar surface area (TPSA) is 73.2 Å². The van der Waals surface area contributed by atoms with Crippen molar-refractivity contribution in [3.05, 3.63) is 65.0 Å². The number of nitrogens with zero attached hydrogens (tertiary/aromatic N) is 2. The highest BCUT2D eigenvalue weighted by Crippen LogP contribution is 2.31. The van der Waals surface area contributed by atoms with Gasteiger partial charge in [-0.3, -0.25) is 9.59 Å². The Morgan fingerprint density at radius 1 is 1.25 bits per heavy atom. The van der Waals surface area contributed by atoms with Crippen molar-refractivity contribution in [2.75, 3.05) is 18.4 Å². The molecule has 0 unspecified atom stereocenters. The maximum Gasteiger partial charge on any atom is 0.406 e. The Bertz CT molecular complexity index is 982. The van der Waals surface area contributed by atoms with Gasteiger partial charge < -0.3 is 10.2 Å². The second-order valence-electron chi connectivity index (χ2n) is 6.24. The number of hydrogen-bond donors (Lipinski definition) is 1. The quantitative estimate of drug-likeness (QED) is 0.815. The minimum Gasteiger partial charge on any atom is -0.328 e. The summed E-state index contributed by atoms with van der Waals surface area (Å²) in [5.41, 5.74) is 0.177. The van der Waals surface area contributed by atoms with E-state index < -0.39 is 42.8 Å². The van der Waals surface area contributed by atoms with Crippen LogP contribution < -0.4 is 5.32 Å². The number of benzene rings is 2. The van der Waals surface area contributed by atoms with E-state index in [9.17, 15) is 27.2 Å². The minimum atomic E-state index is -4.61. The first kappa shape index (κ1) is 19.4. The molecule has 9 heteroatoms. The van der Waals surface area contributed by atoms with Crippen LogP contribution in [0.4, 0.5) is 23.2 Å². The Kier molecular flexibility index (Phi) is 5.05. The van der Waals surface area contributed by atoms with Crippen LogP contribution in [0.3, 0.4) is 0 Å². The lowest BCUT2D eigenvalue weighted by atomic mass is 9.88. The van der Waals surface area contributed by atoms with Crippen molar-refractivity contribution >= 4 is 17.5 Å². The van der Waals surface area contributed by atoms with E-state index in [0.717, 1.165) is 12.1 Å². The molecule has 1 aliphatic rings. The number of nitriles is 1. The van der Waals surface area contributed by atoms with Gasteiger partial charge in [-0.2, -0.15) is 18.4 Å². The van der Waals surface area contributed by atoms with Gasteiger partial charge in [-0.05, 0) is 29.8 Å². The fourth-order valence-corrected chi connectivity index (χ4v) is 3.06. The number of nitrogens with one attached hydrogen (secondary N) is 1. The molecule has 0 aliphatic carbocycles. The van der Waals surface area contributed by atoms with Gasteiger partial charge in [-0.25, -0.2) is 4.39 Å². The SMILES string of the molecule is N#Cc1cc(NC(=O)[C@H]2CN(CC(F)(F)F)C(=O)c3ccccc32)ccc1F. The van der Waals surface area contributed by atoms with E-state index in [4.69, 9.17) is 5.26 Å². The summed E-state index contributed by atoms with van der Waals surface area (Å²) in [6.07, 6.45) is -4.61. The van der Waals surface area contributed by atoms with Gasteiger partial charge in [0.2, 0.25) is 5.91 Å². The molecule has 0 saturated heterocycles. The number of fused-ring (bicyclic) bond motifs is 1. The molecule has 144 valence electrons. The zero-order valence-electron chi connectivity index (χ0n) is 14.3. The third kappa shape index (κ3) is 3.96. The van der Waals surface area contributed by atoms with Crippen LogP contribution >= 0.6 is 0 Å². The van der Waals surface area contributed by atoms with E-state index in [1.807, 2.05) is 0 Å². The van der Waals surface area contributed by atoms with Crippen molar-refractivity contribution in [1.29, 1.82) is 5.26 Å². The van der Waals surface area contributed by atoms with Gasteiger partial charge in [0.05, 0.1) is 11.5 Å². The number of halogens is 4. The van der Waals surface area contributed by atoms with Crippen molar-refractivity contribution in [1.82, 2.24) is 4.90 Å². The number of carbonyl (C=O) groups is 2. The number of rotatable bonds is 3. The minimum absolute atomic E-state index is 0.0231. The van der Waals surface area contributed by atoms with Crippen molar-refractivity contribution in [3.63, 3.8) is 0 Å². The summed E-state index contributed by atoms with van der Waals surface area (Å²) in [5.74, 6) is -3.27. The summed E-state index contributed by atoms with van der Waals surface area (Å²) in [4.78, 5) is 25.7. The monoisotopic (exact) mass is 391 g/mol. The van der Waals surface area contributed by atoms with Crippen LogP contribution in [-0.2, 0) is 4.79 Å². The Labute approximate surface area is 157 Å². The fourth-order valence-electron chi connectivity index (χ4n) is 3.06. The molecule has 5 nitrogen and oxygen atoms in total. The lowest BCUT2D eigenvalue weighted by Crippen LogP contribution is -2.47. The fraction of sp³-hybridized carbons (Fsp3) is 0.211. The molecule has 1 N–H and O–H groups in total. The predicted octanol–water partition coefficient (Wildman–Crippen LogP) is 3.44. The normalized spacial score (nSPS) is 16.3. The highest BCUT2D eigenvalue weighted by atomic mass is 19.4. The number of anilines is 1. The molecule has 0 fully saturated rings. The number of alkyl halides is 3. The van der Waals surface area contributed by atoms with Gasteiger partial charge in [-0.15, -0.1) is 0 Å². The first-order chi connectivity index (χ1) is 13.2. The molecule has 0 aromatic heterocycles. The van der Waals surface area contributed by atoms with Gasteiger partial charge in [0.25, 0.3) is 5.91 Å². The van der Waals surface area contributed by atoms with Crippen LogP contribution in [0.2, 0.25) is 0 Å². The van der Waals surface area contributed by atoms with Crippen LogP contribution in [0.5, 0.6) is 0 Å². The maximum atomic E-state index is 13.4. The lowest BCUT2D eigenvalue weighted by molar-refractivity contribution is -0.142. The third-order valence-corrected chi connectivity index (χ3v) is 4.30. The van der Waals surface area contributed by atoms with Crippen molar-refractivity contribution in [2.45, 2.75) is 12.1 Å². The van der Waals surface area contributed by atoms with Gasteiger partial charge >= 0.3 is 6.18 Å². The van der Waals surface area contributed by atoms with Crippen molar-refractivity contribution in [2.24, 2.45) is 0 Å². The Morgan fingerprint density at radius 2 is 1.96 bits per heavy atom. The van der Waals surface area contributed by atoms with Crippen LogP contribution in [0, 0.1) is 17.1 Å². The maximum absolute atomic E-state index is 13.4. The van der Waals surface area contributed by atoms with Crippen LogP contribution in [0.15, 0.2) is 42.5 Å². The third-order valence-electron chi connectivity index (χ3n) is 4.30. The lowest BCUT2D eigenvalue weighted by Gasteiger charge is -2.34. The Balaban J connectivity index is 1.91. The van der Waals surface area contributed by atoms with E-state index in [0.29, 0.717) is 10.5 Å². The molecule has 3 rings (SSSR count). The Hall–Kier alpha value is -3.41. The molecule has 0 saturated carbocycles. The zero-order valence-corrected chi connectivity index (χ0v) is 14.3. The van der Waals surface area contributed by atoms with Gasteiger partial charge in [0.1, 0.15) is 18.4 Å². The van der Waals surface area contributed by atoms with E-state index in [-0.39, 0.29) is 16.8 Å². The van der Waals surface area contributed by atoms with Gasteiger partial charge in [0.15, 0.2) is 0 Å². The molecule has 2 aromatic rings. The standard InChI is InChI=1S/C19H13F4N3O2/c20-16-6-5-12(7-11(16)8-24)25-17(27)15-9-26(10-19(21,22)23)18(28)14-4-2-1-3-13(14)15/h1-7,15H,9-10H2,(H,25,27)/t15-/m0/s1. The van der Waals surface area contributed by atoms with E-state index in [1.54, 1.807) is 12.1 Å². The predicted molar refractivity (Wildman–Crippen MR) is 90.9 cm³/mol. The van der Waals surface area contributed by atoms with E-state index >= 15 is 0 Å². The highest BCUT2D eigenvalue weighted by Gasteiger charge is 2.40. The Morgan fingerprint density at radius 3 is 2.64 bits per heavy atom. The molecule has 1 atom stereocenters. The zero-order chi connectivity index (χ0) is 20.5. The first-order valence-corrected chi connectivity index (χ1v) is 8.15. The molecular formula is C19H13F4N3O2. The van der Waals surface area contributed by atoms with Crippen LogP contribution in [-0.4, -0.2) is 36.0 Å². The van der Waals surface area contributed by atoms with Crippen LogP contribution in [0.25, 0.3) is 0 Å². The summed E-state index contributed by atoms with van der Waals surface area (Å²) >= 11 is 0. The average Bonchev–Trinajstić information content (AvgIpc) is 2.64. The second-order valence-corrected chi connectivity index (χ2v) is 6.24. The van der Waals surface area contributed by atoms with Crippen LogP contribution in [0.1, 0.15) is 27.4 Å². The molecule has 2 aromatic carbocycles. The smallest absolute Gasteiger partial charge is 0.328 e. The van der Waals surface area contributed by atoms with Gasteiger partial charge in [-0.1, -0.05) is 18.2 Å². The summed E-state index contributed by atoms with van der Waals surface area (Å²) in [7, 11) is 0. The van der Waals surface area contributed by atoms with E-state index in [2.05, 4.69) is 5.32 Å². The molecule has 0 spiro atoms. The van der Waals surface area contributed by atoms with Crippen molar-refractivity contribution < 1.29 is 27.2 Å².